The predicted octanol–water partition coefficient (Wildman–Crippen LogP) is 5.72. The molecule has 0 radical (unpaired) electrons. The maximum absolute atomic E-state index is 6.00. The van der Waals surface area contributed by atoms with Gasteiger partial charge < -0.3 is 20.1 Å². The molecule has 0 saturated heterocycles. The van der Waals surface area contributed by atoms with Gasteiger partial charge >= 0.3 is 0 Å². The quantitative estimate of drug-likeness (QED) is 0.386. The van der Waals surface area contributed by atoms with Crippen molar-refractivity contribution in [3.63, 3.8) is 0 Å². The first-order chi connectivity index (χ1) is 14.2. The van der Waals surface area contributed by atoms with Crippen LogP contribution in [0.15, 0.2) is 48.5 Å². The average Bonchev–Trinajstić information content (AvgIpc) is 3.25. The van der Waals surface area contributed by atoms with E-state index in [-0.39, 0.29) is 0 Å². The maximum Gasteiger partial charge on any atom is 0.170 e. The Hall–Kier alpha value is -2.27. The molecular formula is C24H32N2O2S. The Morgan fingerprint density at radius 3 is 2.59 bits per heavy atom. The zero-order valence-corrected chi connectivity index (χ0v) is 18.1. The lowest BCUT2D eigenvalue weighted by molar-refractivity contribution is 0.210. The Morgan fingerprint density at radius 1 is 1.07 bits per heavy atom. The third kappa shape index (κ3) is 7.24. The Balaban J connectivity index is 1.37. The van der Waals surface area contributed by atoms with Crippen molar-refractivity contribution in [1.82, 2.24) is 5.32 Å². The fourth-order valence-electron chi connectivity index (χ4n) is 3.53. The largest absolute Gasteiger partial charge is 0.493 e. The molecule has 156 valence electrons. The van der Waals surface area contributed by atoms with E-state index >= 15 is 0 Å². The van der Waals surface area contributed by atoms with Crippen LogP contribution in [0.2, 0.25) is 0 Å². The van der Waals surface area contributed by atoms with Gasteiger partial charge in [-0.1, -0.05) is 25.1 Å². The summed E-state index contributed by atoms with van der Waals surface area (Å²) in [4.78, 5) is 0. The molecule has 0 bridgehead atoms. The summed E-state index contributed by atoms with van der Waals surface area (Å²) in [6.07, 6.45) is 8.25. The summed E-state index contributed by atoms with van der Waals surface area (Å²) >= 11 is 5.42. The summed E-state index contributed by atoms with van der Waals surface area (Å²) in [6.45, 7) is 3.70. The number of nitrogens with one attached hydrogen (secondary N) is 2. The molecule has 1 saturated carbocycles. The van der Waals surface area contributed by atoms with E-state index in [1.165, 1.54) is 31.2 Å². The number of para-hydroxylation sites is 1. The van der Waals surface area contributed by atoms with E-state index in [0.29, 0.717) is 11.2 Å². The average molecular weight is 413 g/mol. The topological polar surface area (TPSA) is 42.5 Å². The molecule has 1 fully saturated rings. The first-order valence-electron chi connectivity index (χ1n) is 10.8. The van der Waals surface area contributed by atoms with Gasteiger partial charge in [0.25, 0.3) is 0 Å². The predicted molar refractivity (Wildman–Crippen MR) is 124 cm³/mol. The Labute approximate surface area is 180 Å². The van der Waals surface area contributed by atoms with Crippen molar-refractivity contribution in [2.45, 2.75) is 58.0 Å². The summed E-state index contributed by atoms with van der Waals surface area (Å²) in [5, 5.41) is 7.17. The maximum atomic E-state index is 6.00. The molecule has 5 heteroatoms. The smallest absolute Gasteiger partial charge is 0.170 e. The highest BCUT2D eigenvalue weighted by Gasteiger charge is 2.16. The van der Waals surface area contributed by atoms with Gasteiger partial charge in [-0.2, -0.15) is 0 Å². The molecule has 29 heavy (non-hydrogen) atoms. The first kappa shape index (κ1) is 21.4. The molecule has 1 aliphatic rings. The van der Waals surface area contributed by atoms with Gasteiger partial charge in [0.15, 0.2) is 5.11 Å². The molecule has 0 atom stereocenters. The molecule has 2 aromatic rings. The van der Waals surface area contributed by atoms with Gasteiger partial charge in [-0.3, -0.25) is 0 Å². The van der Waals surface area contributed by atoms with E-state index < -0.39 is 0 Å². The van der Waals surface area contributed by atoms with Gasteiger partial charge in [0.2, 0.25) is 0 Å². The first-order valence-corrected chi connectivity index (χ1v) is 11.2. The van der Waals surface area contributed by atoms with Gasteiger partial charge in [-0.15, -0.1) is 0 Å². The minimum Gasteiger partial charge on any atom is -0.493 e. The highest BCUT2D eigenvalue weighted by atomic mass is 32.1. The van der Waals surface area contributed by atoms with Gasteiger partial charge in [-0.25, -0.2) is 0 Å². The zero-order chi connectivity index (χ0) is 20.3. The highest BCUT2D eigenvalue weighted by molar-refractivity contribution is 7.80. The van der Waals surface area contributed by atoms with Crippen LogP contribution in [0.4, 0.5) is 5.69 Å². The van der Waals surface area contributed by atoms with Crippen LogP contribution in [0.3, 0.4) is 0 Å². The number of hydrogen-bond donors (Lipinski definition) is 2. The number of anilines is 1. The van der Waals surface area contributed by atoms with Crippen LogP contribution in [-0.4, -0.2) is 24.4 Å². The molecule has 0 unspecified atom stereocenters. The lowest BCUT2D eigenvalue weighted by Gasteiger charge is -2.14. The minimum atomic E-state index is 0.383. The number of aryl methyl sites for hydroxylation is 1. The van der Waals surface area contributed by atoms with Gasteiger partial charge in [0.05, 0.1) is 12.7 Å². The molecule has 0 aromatic heterocycles. The summed E-state index contributed by atoms with van der Waals surface area (Å²) in [7, 11) is 0. The lowest BCUT2D eigenvalue weighted by atomic mass is 10.1. The van der Waals surface area contributed by atoms with Crippen LogP contribution in [0.25, 0.3) is 0 Å². The lowest BCUT2D eigenvalue weighted by Crippen LogP contribution is -2.29. The van der Waals surface area contributed by atoms with Crippen molar-refractivity contribution < 1.29 is 9.47 Å². The van der Waals surface area contributed by atoms with Crippen LogP contribution in [-0.2, 0) is 6.42 Å². The number of benzene rings is 2. The normalized spacial score (nSPS) is 13.8. The fourth-order valence-corrected chi connectivity index (χ4v) is 3.75. The molecule has 0 spiro atoms. The van der Waals surface area contributed by atoms with Crippen molar-refractivity contribution in [3.05, 3.63) is 54.1 Å². The second-order valence-corrected chi connectivity index (χ2v) is 7.90. The van der Waals surface area contributed by atoms with Crippen LogP contribution in [0, 0.1) is 0 Å². The molecule has 0 amide bonds. The standard InChI is InChI=1S/C24H32N2O2S/c1-2-18-27-23-12-6-3-8-19(23)9-7-17-25-24(29)26-20-13-15-22(16-14-20)28-21-10-4-5-11-21/h3,6,8,12-16,21H,2,4-5,7,9-11,17-18H2,1H3,(H2,25,26,29). The molecule has 0 heterocycles. The third-order valence-corrected chi connectivity index (χ3v) is 5.31. The van der Waals surface area contributed by atoms with E-state index in [4.69, 9.17) is 21.7 Å². The van der Waals surface area contributed by atoms with Crippen molar-refractivity contribution in [3.8, 4) is 11.5 Å². The van der Waals surface area contributed by atoms with Crippen LogP contribution < -0.4 is 20.1 Å². The molecule has 2 N–H and O–H groups in total. The van der Waals surface area contributed by atoms with Crippen molar-refractivity contribution >= 4 is 23.0 Å². The van der Waals surface area contributed by atoms with E-state index in [0.717, 1.165) is 49.6 Å². The van der Waals surface area contributed by atoms with Crippen LogP contribution >= 0.6 is 12.2 Å². The van der Waals surface area contributed by atoms with Crippen molar-refractivity contribution in [1.29, 1.82) is 0 Å². The van der Waals surface area contributed by atoms with Gasteiger partial charge in [0, 0.05) is 12.2 Å². The molecule has 4 nitrogen and oxygen atoms in total. The van der Waals surface area contributed by atoms with E-state index in [1.807, 2.05) is 36.4 Å². The van der Waals surface area contributed by atoms with E-state index in [2.05, 4.69) is 29.7 Å². The summed E-state index contributed by atoms with van der Waals surface area (Å²) in [5.41, 5.74) is 2.22. The third-order valence-electron chi connectivity index (χ3n) is 5.06. The van der Waals surface area contributed by atoms with Crippen molar-refractivity contribution in [2.24, 2.45) is 0 Å². The molecule has 0 aliphatic heterocycles. The number of rotatable bonds is 10. The van der Waals surface area contributed by atoms with Gasteiger partial charge in [-0.05, 0) is 93.1 Å². The second-order valence-electron chi connectivity index (χ2n) is 7.49. The Morgan fingerprint density at radius 2 is 1.83 bits per heavy atom. The number of thiocarbonyl (C=S) groups is 1. The van der Waals surface area contributed by atoms with Gasteiger partial charge in [0.1, 0.15) is 11.5 Å². The number of hydrogen-bond acceptors (Lipinski definition) is 3. The SMILES string of the molecule is CCCOc1ccccc1CCCNC(=S)Nc1ccc(OC2CCCC2)cc1. The number of ether oxygens (including phenoxy) is 2. The summed E-state index contributed by atoms with van der Waals surface area (Å²) < 4.78 is 11.8. The molecule has 2 aromatic carbocycles. The summed E-state index contributed by atoms with van der Waals surface area (Å²) in [5.74, 6) is 1.93. The Kier molecular flexibility index (Phi) is 8.62. The zero-order valence-electron chi connectivity index (χ0n) is 17.3. The molecular weight excluding hydrogens is 380 g/mol. The molecule has 1 aliphatic carbocycles. The second kappa shape index (κ2) is 11.7. The highest BCUT2D eigenvalue weighted by Crippen LogP contribution is 2.25. The van der Waals surface area contributed by atoms with Crippen LogP contribution in [0.1, 0.15) is 51.0 Å². The van der Waals surface area contributed by atoms with Crippen LogP contribution in [0.5, 0.6) is 11.5 Å². The molecule has 3 rings (SSSR count). The Bertz CT molecular complexity index is 758. The van der Waals surface area contributed by atoms with Crippen molar-refractivity contribution in [2.75, 3.05) is 18.5 Å². The minimum absolute atomic E-state index is 0.383. The fraction of sp³-hybridized carbons (Fsp3) is 0.458. The van der Waals surface area contributed by atoms with E-state index in [9.17, 15) is 0 Å². The monoisotopic (exact) mass is 412 g/mol. The van der Waals surface area contributed by atoms with E-state index in [1.54, 1.807) is 0 Å². The summed E-state index contributed by atoms with van der Waals surface area (Å²) in [6, 6.07) is 16.3.